The number of allylic oxidation sites excluding steroid dienone is 2. The Hall–Kier alpha value is -2.10. The molecule has 4 atom stereocenters. The van der Waals surface area contributed by atoms with E-state index in [0.29, 0.717) is 6.61 Å². The van der Waals surface area contributed by atoms with Gasteiger partial charge in [-0.25, -0.2) is 0 Å². The van der Waals surface area contributed by atoms with Crippen LogP contribution in [0.3, 0.4) is 0 Å². The van der Waals surface area contributed by atoms with Crippen molar-refractivity contribution in [2.45, 2.75) is 18.8 Å². The predicted molar refractivity (Wildman–Crippen MR) is 77.6 cm³/mol. The maximum atomic E-state index is 12.8. The molecule has 0 radical (unpaired) electrons. The van der Waals surface area contributed by atoms with Gasteiger partial charge in [-0.2, -0.15) is 0 Å². The zero-order valence-electron chi connectivity index (χ0n) is 11.8. The van der Waals surface area contributed by atoms with Crippen LogP contribution in [0.25, 0.3) is 0 Å². The van der Waals surface area contributed by atoms with E-state index < -0.39 is 11.3 Å². The SMILES string of the molecule is CCOC(=O)[C@H]1[C@@H]2C=C[C@@H](C2)[C@]12C(=O)Nc1ccccc12. The van der Waals surface area contributed by atoms with Crippen molar-refractivity contribution in [1.29, 1.82) is 0 Å². The molecule has 2 bridgehead atoms. The molecule has 1 aromatic carbocycles. The highest BCUT2D eigenvalue weighted by Gasteiger charge is 2.67. The third kappa shape index (κ3) is 1.40. The Bertz CT molecular complexity index is 666. The lowest BCUT2D eigenvalue weighted by atomic mass is 9.65. The quantitative estimate of drug-likeness (QED) is 0.669. The zero-order valence-corrected chi connectivity index (χ0v) is 11.8. The number of ether oxygens (including phenoxy) is 1. The molecule has 2 aliphatic carbocycles. The lowest BCUT2D eigenvalue weighted by molar-refractivity contribution is -0.153. The molecular weight excluding hydrogens is 266 g/mol. The van der Waals surface area contributed by atoms with E-state index in [-0.39, 0.29) is 23.7 Å². The first-order valence-corrected chi connectivity index (χ1v) is 7.45. The molecule has 1 heterocycles. The fraction of sp³-hybridized carbons (Fsp3) is 0.412. The molecule has 1 aromatic rings. The van der Waals surface area contributed by atoms with Gasteiger partial charge in [-0.1, -0.05) is 30.4 Å². The number of fused-ring (bicyclic) bond motifs is 5. The van der Waals surface area contributed by atoms with Crippen LogP contribution in [-0.4, -0.2) is 18.5 Å². The largest absolute Gasteiger partial charge is 0.466 e. The summed E-state index contributed by atoms with van der Waals surface area (Å²) in [6.45, 7) is 2.14. The molecule has 108 valence electrons. The van der Waals surface area contributed by atoms with Crippen molar-refractivity contribution < 1.29 is 14.3 Å². The Balaban J connectivity index is 1.90. The summed E-state index contributed by atoms with van der Waals surface area (Å²) in [6.07, 6.45) is 5.03. The lowest BCUT2D eigenvalue weighted by Crippen LogP contribution is -2.48. The van der Waals surface area contributed by atoms with E-state index in [1.807, 2.05) is 24.3 Å². The molecule has 1 saturated carbocycles. The first-order valence-electron chi connectivity index (χ1n) is 7.45. The Kier molecular flexibility index (Phi) is 2.52. The monoisotopic (exact) mass is 283 g/mol. The highest BCUT2D eigenvalue weighted by Crippen LogP contribution is 2.61. The third-order valence-electron chi connectivity index (χ3n) is 5.16. The van der Waals surface area contributed by atoms with E-state index in [2.05, 4.69) is 17.5 Å². The van der Waals surface area contributed by atoms with Crippen LogP contribution >= 0.6 is 0 Å². The van der Waals surface area contributed by atoms with Crippen LogP contribution in [0, 0.1) is 17.8 Å². The van der Waals surface area contributed by atoms with E-state index in [1.165, 1.54) is 0 Å². The molecule has 1 N–H and O–H groups in total. The van der Waals surface area contributed by atoms with E-state index >= 15 is 0 Å². The van der Waals surface area contributed by atoms with Gasteiger partial charge in [0, 0.05) is 5.69 Å². The minimum atomic E-state index is -0.776. The normalized spacial score (nSPS) is 35.1. The maximum Gasteiger partial charge on any atom is 0.310 e. The summed E-state index contributed by atoms with van der Waals surface area (Å²) in [5, 5.41) is 2.96. The van der Waals surface area contributed by atoms with Gasteiger partial charge in [-0.15, -0.1) is 0 Å². The molecule has 3 aliphatic rings. The first kappa shape index (κ1) is 12.6. The molecule has 0 unspecified atom stereocenters. The van der Waals surface area contributed by atoms with Gasteiger partial charge in [0.15, 0.2) is 0 Å². The molecule has 4 nitrogen and oxygen atoms in total. The Morgan fingerprint density at radius 2 is 2.19 bits per heavy atom. The first-order chi connectivity index (χ1) is 10.2. The molecule has 1 spiro atoms. The van der Waals surface area contributed by atoms with Gasteiger partial charge >= 0.3 is 5.97 Å². The molecule has 1 fully saturated rings. The lowest BCUT2D eigenvalue weighted by Gasteiger charge is -2.35. The van der Waals surface area contributed by atoms with Crippen molar-refractivity contribution in [3.05, 3.63) is 42.0 Å². The molecule has 1 amide bonds. The highest BCUT2D eigenvalue weighted by atomic mass is 16.5. The average Bonchev–Trinajstić information content (AvgIpc) is 3.13. The summed E-state index contributed by atoms with van der Waals surface area (Å²) in [5.74, 6) is -0.526. The summed E-state index contributed by atoms with van der Waals surface area (Å²) in [7, 11) is 0. The summed E-state index contributed by atoms with van der Waals surface area (Å²) in [4.78, 5) is 25.3. The highest BCUT2D eigenvalue weighted by molar-refractivity contribution is 6.10. The number of carbonyl (C=O) groups excluding carboxylic acids is 2. The fourth-order valence-electron chi connectivity index (χ4n) is 4.45. The molecule has 0 saturated heterocycles. The van der Waals surface area contributed by atoms with Gasteiger partial charge < -0.3 is 10.1 Å². The summed E-state index contributed by atoms with van der Waals surface area (Å²) in [6, 6.07) is 7.70. The topological polar surface area (TPSA) is 55.4 Å². The summed E-state index contributed by atoms with van der Waals surface area (Å²) >= 11 is 0. The van der Waals surface area contributed by atoms with E-state index in [0.717, 1.165) is 17.7 Å². The fourth-order valence-corrected chi connectivity index (χ4v) is 4.45. The van der Waals surface area contributed by atoms with Crippen molar-refractivity contribution in [2.24, 2.45) is 17.8 Å². The average molecular weight is 283 g/mol. The minimum Gasteiger partial charge on any atom is -0.466 e. The van der Waals surface area contributed by atoms with Crippen molar-refractivity contribution in [3.63, 3.8) is 0 Å². The number of esters is 1. The summed E-state index contributed by atoms with van der Waals surface area (Å²) < 4.78 is 5.28. The van der Waals surface area contributed by atoms with Crippen molar-refractivity contribution in [3.8, 4) is 0 Å². The second kappa shape index (κ2) is 4.20. The molecule has 21 heavy (non-hydrogen) atoms. The number of carbonyl (C=O) groups is 2. The number of hydrogen-bond acceptors (Lipinski definition) is 3. The number of amides is 1. The third-order valence-corrected chi connectivity index (χ3v) is 5.16. The molecule has 4 rings (SSSR count). The second-order valence-corrected chi connectivity index (χ2v) is 5.99. The Morgan fingerprint density at radius 1 is 1.38 bits per heavy atom. The molecular formula is C17H17NO3. The molecule has 1 aliphatic heterocycles. The zero-order chi connectivity index (χ0) is 14.6. The number of benzene rings is 1. The minimum absolute atomic E-state index is 0.0568. The molecule has 4 heteroatoms. The predicted octanol–water partition coefficient (Wildman–Crippen LogP) is 2.26. The van der Waals surface area contributed by atoms with Crippen LogP contribution in [0.2, 0.25) is 0 Å². The van der Waals surface area contributed by atoms with Gasteiger partial charge in [0.2, 0.25) is 5.91 Å². The Morgan fingerprint density at radius 3 is 3.00 bits per heavy atom. The summed E-state index contributed by atoms with van der Waals surface area (Å²) in [5.41, 5.74) is 1.00. The van der Waals surface area contributed by atoms with Crippen LogP contribution in [0.1, 0.15) is 18.9 Å². The van der Waals surface area contributed by atoms with Crippen LogP contribution < -0.4 is 5.32 Å². The van der Waals surface area contributed by atoms with Crippen molar-refractivity contribution in [1.82, 2.24) is 0 Å². The molecule has 0 aromatic heterocycles. The van der Waals surface area contributed by atoms with Gasteiger partial charge in [-0.3, -0.25) is 9.59 Å². The van der Waals surface area contributed by atoms with Crippen molar-refractivity contribution >= 4 is 17.6 Å². The maximum absolute atomic E-state index is 12.8. The Labute approximate surface area is 123 Å². The van der Waals surface area contributed by atoms with E-state index in [4.69, 9.17) is 4.74 Å². The number of hydrogen-bond donors (Lipinski definition) is 1. The van der Waals surface area contributed by atoms with Crippen LogP contribution in [0.5, 0.6) is 0 Å². The van der Waals surface area contributed by atoms with E-state index in [9.17, 15) is 9.59 Å². The van der Waals surface area contributed by atoms with Gasteiger partial charge in [0.05, 0.1) is 17.9 Å². The van der Waals surface area contributed by atoms with Gasteiger partial charge in [0.25, 0.3) is 0 Å². The smallest absolute Gasteiger partial charge is 0.310 e. The number of para-hydroxylation sites is 1. The standard InChI is InChI=1S/C17H17NO3/c1-2-21-15(19)14-10-7-8-11(9-10)17(14)12-5-3-4-6-13(12)18-16(17)20/h3-8,10-11,14H,2,9H2,1H3,(H,18,20)/t10-,11+,14-,17-/m1/s1. The number of nitrogens with one attached hydrogen (secondary N) is 1. The van der Waals surface area contributed by atoms with Crippen LogP contribution in [0.15, 0.2) is 36.4 Å². The number of anilines is 1. The van der Waals surface area contributed by atoms with Gasteiger partial charge in [-0.05, 0) is 36.8 Å². The second-order valence-electron chi connectivity index (χ2n) is 5.99. The van der Waals surface area contributed by atoms with Crippen LogP contribution in [0.4, 0.5) is 5.69 Å². The van der Waals surface area contributed by atoms with Gasteiger partial charge in [0.1, 0.15) is 0 Å². The number of rotatable bonds is 2. The van der Waals surface area contributed by atoms with Crippen LogP contribution in [-0.2, 0) is 19.7 Å². The van der Waals surface area contributed by atoms with E-state index in [1.54, 1.807) is 6.92 Å². The van der Waals surface area contributed by atoms with Crippen molar-refractivity contribution in [2.75, 3.05) is 11.9 Å².